The fraction of sp³-hybridized carbons (Fsp3) is 0.588. The van der Waals surface area contributed by atoms with Gasteiger partial charge in [0.05, 0.1) is 25.8 Å². The van der Waals surface area contributed by atoms with Crippen molar-refractivity contribution < 1.29 is 14.0 Å². The number of benzene rings is 1. The lowest BCUT2D eigenvalue weighted by Gasteiger charge is -2.27. The Kier molecular flexibility index (Phi) is 6.71. The average molecular weight is 371 g/mol. The fourth-order valence-corrected chi connectivity index (χ4v) is 4.52. The summed E-state index contributed by atoms with van der Waals surface area (Å²) in [5, 5.41) is 7.31. The number of fused-ring (bicyclic) bond motifs is 1. The van der Waals surface area contributed by atoms with Gasteiger partial charge in [-0.3, -0.25) is 0 Å². The van der Waals surface area contributed by atoms with E-state index in [4.69, 9.17) is 17.0 Å². The highest BCUT2D eigenvalue weighted by Crippen LogP contribution is 2.36. The average Bonchev–Trinajstić information content (AvgIpc) is 2.60. The van der Waals surface area contributed by atoms with Crippen LogP contribution in [0.15, 0.2) is 23.1 Å². The molecule has 2 aliphatic rings. The highest BCUT2D eigenvalue weighted by atomic mass is 32.2. The maximum atomic E-state index is 13.5. The summed E-state index contributed by atoms with van der Waals surface area (Å²) in [5.41, 5.74) is 1.02. The third kappa shape index (κ3) is 5.05. The number of halogens is 1. The van der Waals surface area contributed by atoms with Gasteiger partial charge in [-0.25, -0.2) is 4.39 Å². The van der Waals surface area contributed by atoms with Crippen molar-refractivity contribution in [3.05, 3.63) is 29.6 Å². The van der Waals surface area contributed by atoms with Gasteiger partial charge < -0.3 is 20.3 Å². The number of nitrogens with one attached hydrogen (secondary N) is 3. The van der Waals surface area contributed by atoms with Crippen LogP contribution in [0.5, 0.6) is 0 Å². The van der Waals surface area contributed by atoms with Crippen LogP contribution in [0.1, 0.15) is 24.4 Å². The van der Waals surface area contributed by atoms with Crippen molar-refractivity contribution in [1.29, 1.82) is 0 Å². The molecule has 0 aromatic heterocycles. The van der Waals surface area contributed by atoms with Gasteiger partial charge in [-0.1, -0.05) is 0 Å². The summed E-state index contributed by atoms with van der Waals surface area (Å²) < 4.78 is 18.9. The number of thiocarbonyl (C=S) groups is 1. The minimum absolute atomic E-state index is 0.0989. The summed E-state index contributed by atoms with van der Waals surface area (Å²) in [5.74, 6) is 0.842. The molecule has 1 saturated heterocycles. The number of thioether (sulfide) groups is 1. The minimum atomic E-state index is -0.185. The zero-order valence-corrected chi connectivity index (χ0v) is 15.4. The van der Waals surface area contributed by atoms with Gasteiger partial charge in [0.25, 0.3) is 0 Å². The molecule has 0 bridgehead atoms. The lowest BCUT2D eigenvalue weighted by molar-refractivity contribution is -0.908. The largest absolute Gasteiger partial charge is 0.370 e. The Bertz CT molecular complexity index is 567. The van der Waals surface area contributed by atoms with Gasteiger partial charge in [0.15, 0.2) is 5.11 Å². The van der Waals surface area contributed by atoms with Crippen LogP contribution in [0.3, 0.4) is 0 Å². The molecule has 2 heterocycles. The molecule has 0 aliphatic carbocycles. The van der Waals surface area contributed by atoms with Gasteiger partial charge in [0.2, 0.25) is 0 Å². The van der Waals surface area contributed by atoms with Crippen molar-refractivity contribution >= 4 is 29.1 Å². The molecule has 0 saturated carbocycles. The number of quaternary nitrogens is 1. The lowest BCUT2D eigenvalue weighted by Crippen LogP contribution is -3.14. The SMILES string of the molecule is Fc1ccc2c(c1)[C@@H](NC(=S)NCCC[NH+]1CCOCC1)CCS2. The third-order valence-corrected chi connectivity index (χ3v) is 5.89. The molecule has 3 rings (SSSR count). The number of rotatable bonds is 5. The van der Waals surface area contributed by atoms with Crippen LogP contribution >= 0.6 is 24.0 Å². The number of hydrogen-bond donors (Lipinski definition) is 3. The van der Waals surface area contributed by atoms with Crippen LogP contribution in [-0.4, -0.2) is 50.3 Å². The van der Waals surface area contributed by atoms with Crippen LogP contribution in [0.2, 0.25) is 0 Å². The molecule has 0 spiro atoms. The van der Waals surface area contributed by atoms with Crippen molar-refractivity contribution in [2.24, 2.45) is 0 Å². The molecular formula is C17H25FN3OS2+. The minimum Gasteiger partial charge on any atom is -0.370 e. The first kappa shape index (κ1) is 17.9. The van der Waals surface area contributed by atoms with Crippen molar-refractivity contribution in [3.8, 4) is 0 Å². The highest BCUT2D eigenvalue weighted by Gasteiger charge is 2.22. The van der Waals surface area contributed by atoms with Crippen molar-refractivity contribution in [3.63, 3.8) is 0 Å². The normalized spacial score (nSPS) is 21.1. The zero-order valence-electron chi connectivity index (χ0n) is 13.8. The zero-order chi connectivity index (χ0) is 16.8. The van der Waals surface area contributed by atoms with E-state index in [1.165, 1.54) is 6.07 Å². The van der Waals surface area contributed by atoms with Crippen LogP contribution in [0.4, 0.5) is 4.39 Å². The molecule has 3 N–H and O–H groups in total. The second-order valence-electron chi connectivity index (χ2n) is 6.24. The Labute approximate surface area is 152 Å². The molecule has 0 unspecified atom stereocenters. The van der Waals surface area contributed by atoms with Gasteiger partial charge in [0.1, 0.15) is 18.9 Å². The Morgan fingerprint density at radius 3 is 3.04 bits per heavy atom. The van der Waals surface area contributed by atoms with Crippen LogP contribution in [-0.2, 0) is 4.74 Å². The second-order valence-corrected chi connectivity index (χ2v) is 7.78. The molecule has 1 atom stereocenters. The fourth-order valence-electron chi connectivity index (χ4n) is 3.17. The van der Waals surface area contributed by atoms with Gasteiger partial charge >= 0.3 is 0 Å². The Morgan fingerprint density at radius 1 is 1.38 bits per heavy atom. The van der Waals surface area contributed by atoms with Crippen molar-refractivity contribution in [2.75, 3.05) is 45.1 Å². The second kappa shape index (κ2) is 8.99. The van der Waals surface area contributed by atoms with Crippen molar-refractivity contribution in [2.45, 2.75) is 23.8 Å². The summed E-state index contributed by atoms with van der Waals surface area (Å²) in [7, 11) is 0. The maximum Gasteiger partial charge on any atom is 0.166 e. The Hall–Kier alpha value is -0.890. The van der Waals surface area contributed by atoms with Gasteiger partial charge in [-0.05, 0) is 42.4 Å². The quantitative estimate of drug-likeness (QED) is 0.535. The molecular weight excluding hydrogens is 345 g/mol. The Morgan fingerprint density at radius 2 is 2.21 bits per heavy atom. The third-order valence-electron chi connectivity index (χ3n) is 4.51. The van der Waals surface area contributed by atoms with Gasteiger partial charge in [-0.2, -0.15) is 0 Å². The number of ether oxygens (including phenoxy) is 1. The standard InChI is InChI=1S/C17H24FN3OS2/c18-13-2-3-16-14(12-13)15(4-11-24-16)20-17(23)19-5-1-6-21-7-9-22-10-8-21/h2-3,12,15H,1,4-11H2,(H2,19,20,23)/p+1/t15-/m0/s1. The summed E-state index contributed by atoms with van der Waals surface area (Å²) in [6.45, 7) is 5.97. The van der Waals surface area contributed by atoms with Gasteiger partial charge in [0, 0.05) is 23.6 Å². The topological polar surface area (TPSA) is 37.7 Å². The number of morpholine rings is 1. The van der Waals surface area contributed by atoms with Crippen molar-refractivity contribution in [1.82, 2.24) is 10.6 Å². The van der Waals surface area contributed by atoms with E-state index in [-0.39, 0.29) is 11.9 Å². The lowest BCUT2D eigenvalue weighted by atomic mass is 10.0. The first-order valence-corrected chi connectivity index (χ1v) is 9.99. The number of hydrogen-bond acceptors (Lipinski definition) is 3. The molecule has 1 aromatic rings. The predicted octanol–water partition coefficient (Wildman–Crippen LogP) is 1.13. The molecule has 2 aliphatic heterocycles. The van der Waals surface area contributed by atoms with Gasteiger partial charge in [-0.15, -0.1) is 11.8 Å². The first-order chi connectivity index (χ1) is 11.7. The van der Waals surface area contributed by atoms with Crippen LogP contribution in [0.25, 0.3) is 0 Å². The van der Waals surface area contributed by atoms with E-state index in [9.17, 15) is 4.39 Å². The molecule has 0 radical (unpaired) electrons. The van der Waals surface area contributed by atoms with Crippen LogP contribution < -0.4 is 15.5 Å². The summed E-state index contributed by atoms with van der Waals surface area (Å²) in [4.78, 5) is 2.76. The maximum absolute atomic E-state index is 13.5. The molecule has 1 fully saturated rings. The van der Waals surface area contributed by atoms with E-state index >= 15 is 0 Å². The van der Waals surface area contributed by atoms with E-state index in [1.54, 1.807) is 22.7 Å². The molecule has 132 valence electrons. The molecule has 24 heavy (non-hydrogen) atoms. The molecule has 7 heteroatoms. The summed E-state index contributed by atoms with van der Waals surface area (Å²) >= 11 is 7.20. The molecule has 0 amide bonds. The van der Waals surface area contributed by atoms with E-state index in [1.807, 2.05) is 6.07 Å². The van der Waals surface area contributed by atoms with E-state index in [2.05, 4.69) is 10.6 Å². The Balaban J connectivity index is 1.41. The summed E-state index contributed by atoms with van der Waals surface area (Å²) in [6.07, 6.45) is 2.05. The highest BCUT2D eigenvalue weighted by molar-refractivity contribution is 7.99. The first-order valence-electron chi connectivity index (χ1n) is 8.60. The summed E-state index contributed by atoms with van der Waals surface area (Å²) in [6, 6.07) is 5.12. The van der Waals surface area contributed by atoms with E-state index < -0.39 is 0 Å². The van der Waals surface area contributed by atoms with E-state index in [0.717, 1.165) is 68.4 Å². The monoisotopic (exact) mass is 370 g/mol. The van der Waals surface area contributed by atoms with Crippen LogP contribution in [0, 0.1) is 5.82 Å². The predicted molar refractivity (Wildman–Crippen MR) is 99.2 cm³/mol. The molecule has 4 nitrogen and oxygen atoms in total. The molecule has 1 aromatic carbocycles. The smallest absolute Gasteiger partial charge is 0.166 e. The van der Waals surface area contributed by atoms with E-state index in [0.29, 0.717) is 5.11 Å².